The number of carbonyl (C=O) groups excluding carboxylic acids is 1. The van der Waals surface area contributed by atoms with Gasteiger partial charge in [0.05, 0.1) is 5.56 Å². The number of carbonyl (C=O) groups is 1. The molecule has 0 saturated heterocycles. The highest BCUT2D eigenvalue weighted by atomic mass is 35.5. The van der Waals surface area contributed by atoms with Crippen LogP contribution in [0.1, 0.15) is 27.0 Å². The van der Waals surface area contributed by atoms with Crippen molar-refractivity contribution in [1.29, 1.82) is 0 Å². The molecule has 0 atom stereocenters. The second-order valence-corrected chi connectivity index (χ2v) is 8.32. The van der Waals surface area contributed by atoms with E-state index in [4.69, 9.17) is 55.9 Å². The van der Waals surface area contributed by atoms with Crippen molar-refractivity contribution in [3.8, 4) is 11.5 Å². The highest BCUT2D eigenvalue weighted by Crippen LogP contribution is 2.40. The molecule has 1 aliphatic heterocycles. The standard InChI is InChI=1S/C23H14Cl4O3/c1-12-20(29-11-13-5-6-14(24)9-19(13)27)8-7-15-22(28)21(30-23(12)15)10-16-17(25)3-2-4-18(16)26/h2-10H,11H2,1H3/b21-10-. The molecule has 0 N–H and O–H groups in total. The van der Waals surface area contributed by atoms with Crippen LogP contribution in [0.3, 0.4) is 0 Å². The lowest BCUT2D eigenvalue weighted by molar-refractivity contribution is 0.101. The number of Topliss-reactive ketones (excluding diaryl/α,β-unsaturated/α-hetero) is 1. The summed E-state index contributed by atoms with van der Waals surface area (Å²) in [6.07, 6.45) is 1.56. The third-order valence-corrected chi connectivity index (χ3v) is 5.96. The molecule has 1 aliphatic rings. The Morgan fingerprint density at radius 3 is 2.40 bits per heavy atom. The second kappa shape index (κ2) is 8.52. The Morgan fingerprint density at radius 1 is 0.967 bits per heavy atom. The maximum Gasteiger partial charge on any atom is 0.231 e. The number of benzene rings is 3. The van der Waals surface area contributed by atoms with E-state index in [9.17, 15) is 4.79 Å². The summed E-state index contributed by atoms with van der Waals surface area (Å²) >= 11 is 24.6. The molecule has 1 heterocycles. The first-order valence-electron chi connectivity index (χ1n) is 8.93. The molecule has 0 spiro atoms. The fourth-order valence-corrected chi connectivity index (χ4v) is 4.07. The summed E-state index contributed by atoms with van der Waals surface area (Å²) in [6.45, 7) is 2.08. The average molecular weight is 480 g/mol. The van der Waals surface area contributed by atoms with Crippen LogP contribution in [0.2, 0.25) is 20.1 Å². The molecule has 152 valence electrons. The van der Waals surface area contributed by atoms with Crippen LogP contribution < -0.4 is 9.47 Å². The quantitative estimate of drug-likeness (QED) is 0.358. The predicted octanol–water partition coefficient (Wildman–Crippen LogP) is 7.80. The summed E-state index contributed by atoms with van der Waals surface area (Å²) in [5, 5.41) is 1.95. The number of fused-ring (bicyclic) bond motifs is 1. The van der Waals surface area contributed by atoms with E-state index in [0.29, 0.717) is 48.3 Å². The van der Waals surface area contributed by atoms with Gasteiger partial charge in [0.2, 0.25) is 5.78 Å². The largest absolute Gasteiger partial charge is 0.488 e. The lowest BCUT2D eigenvalue weighted by Crippen LogP contribution is -1.99. The van der Waals surface area contributed by atoms with E-state index in [1.165, 1.54) is 0 Å². The normalized spacial score (nSPS) is 14.0. The Morgan fingerprint density at radius 2 is 1.70 bits per heavy atom. The maximum atomic E-state index is 12.8. The molecule has 3 aromatic rings. The fraction of sp³-hybridized carbons (Fsp3) is 0.0870. The molecule has 0 unspecified atom stereocenters. The molecule has 0 amide bonds. The van der Waals surface area contributed by atoms with Gasteiger partial charge in [-0.15, -0.1) is 0 Å². The van der Waals surface area contributed by atoms with Gasteiger partial charge in [-0.05, 0) is 49.4 Å². The first-order chi connectivity index (χ1) is 14.3. The van der Waals surface area contributed by atoms with Crippen molar-refractivity contribution in [3.63, 3.8) is 0 Å². The number of ether oxygens (including phenoxy) is 2. The monoisotopic (exact) mass is 478 g/mol. The van der Waals surface area contributed by atoms with Crippen molar-refractivity contribution >= 4 is 58.3 Å². The third kappa shape index (κ3) is 4.03. The molecular formula is C23H14Cl4O3. The Balaban J connectivity index is 1.61. The van der Waals surface area contributed by atoms with Crippen LogP contribution in [0.4, 0.5) is 0 Å². The van der Waals surface area contributed by atoms with Gasteiger partial charge in [-0.3, -0.25) is 4.79 Å². The van der Waals surface area contributed by atoms with Crippen molar-refractivity contribution in [2.24, 2.45) is 0 Å². The zero-order chi connectivity index (χ0) is 21.4. The van der Waals surface area contributed by atoms with Crippen LogP contribution in [0.15, 0.2) is 54.3 Å². The first kappa shape index (κ1) is 21.1. The molecule has 0 saturated carbocycles. The van der Waals surface area contributed by atoms with E-state index in [1.54, 1.807) is 48.5 Å². The first-order valence-corrected chi connectivity index (χ1v) is 10.4. The summed E-state index contributed by atoms with van der Waals surface area (Å²) in [7, 11) is 0. The van der Waals surface area contributed by atoms with Crippen molar-refractivity contribution in [3.05, 3.63) is 96.6 Å². The molecule has 3 nitrogen and oxygen atoms in total. The van der Waals surface area contributed by atoms with Gasteiger partial charge in [0.1, 0.15) is 18.1 Å². The van der Waals surface area contributed by atoms with Gasteiger partial charge in [0.25, 0.3) is 0 Å². The summed E-state index contributed by atoms with van der Waals surface area (Å²) in [5.74, 6) is 0.955. The number of rotatable bonds is 4. The average Bonchev–Trinajstić information content (AvgIpc) is 3.02. The zero-order valence-corrected chi connectivity index (χ0v) is 18.7. The van der Waals surface area contributed by atoms with Gasteiger partial charge < -0.3 is 9.47 Å². The molecule has 0 fully saturated rings. The fourth-order valence-electron chi connectivity index (χ4n) is 3.10. The van der Waals surface area contributed by atoms with E-state index in [1.807, 2.05) is 13.0 Å². The minimum atomic E-state index is -0.239. The lowest BCUT2D eigenvalue weighted by Gasteiger charge is -2.12. The number of allylic oxidation sites excluding steroid dienone is 1. The topological polar surface area (TPSA) is 35.5 Å². The highest BCUT2D eigenvalue weighted by Gasteiger charge is 2.30. The number of ketones is 1. The van der Waals surface area contributed by atoms with Gasteiger partial charge in [-0.2, -0.15) is 0 Å². The Labute approximate surface area is 193 Å². The van der Waals surface area contributed by atoms with Crippen LogP contribution in [-0.2, 0) is 6.61 Å². The van der Waals surface area contributed by atoms with Crippen molar-refractivity contribution in [1.82, 2.24) is 0 Å². The Bertz CT molecular complexity index is 1180. The second-order valence-electron chi connectivity index (χ2n) is 6.66. The van der Waals surface area contributed by atoms with E-state index >= 15 is 0 Å². The van der Waals surface area contributed by atoms with Crippen LogP contribution in [0, 0.1) is 6.92 Å². The van der Waals surface area contributed by atoms with Gasteiger partial charge in [0, 0.05) is 36.8 Å². The highest BCUT2D eigenvalue weighted by molar-refractivity contribution is 6.37. The SMILES string of the molecule is Cc1c(OCc2ccc(Cl)cc2Cl)ccc2c1O/C(=C\c1c(Cl)cccc1Cl)C2=O. The van der Waals surface area contributed by atoms with Gasteiger partial charge in [-0.25, -0.2) is 0 Å². The number of halogens is 4. The zero-order valence-electron chi connectivity index (χ0n) is 15.6. The molecule has 0 radical (unpaired) electrons. The number of hydrogen-bond donors (Lipinski definition) is 0. The summed E-state index contributed by atoms with van der Waals surface area (Å²) in [6, 6.07) is 13.8. The van der Waals surface area contributed by atoms with Crippen molar-refractivity contribution < 1.29 is 14.3 Å². The maximum absolute atomic E-state index is 12.8. The van der Waals surface area contributed by atoms with Gasteiger partial charge in [0.15, 0.2) is 5.76 Å². The van der Waals surface area contributed by atoms with Gasteiger partial charge >= 0.3 is 0 Å². The van der Waals surface area contributed by atoms with Crippen LogP contribution >= 0.6 is 46.4 Å². The van der Waals surface area contributed by atoms with E-state index in [0.717, 1.165) is 5.56 Å². The summed E-state index contributed by atoms with van der Waals surface area (Å²) in [5.41, 5.74) is 2.49. The summed E-state index contributed by atoms with van der Waals surface area (Å²) in [4.78, 5) is 12.8. The van der Waals surface area contributed by atoms with Crippen LogP contribution in [0.5, 0.6) is 11.5 Å². The predicted molar refractivity (Wildman–Crippen MR) is 121 cm³/mol. The lowest BCUT2D eigenvalue weighted by atomic mass is 10.1. The van der Waals surface area contributed by atoms with E-state index < -0.39 is 0 Å². The van der Waals surface area contributed by atoms with Crippen molar-refractivity contribution in [2.45, 2.75) is 13.5 Å². The Hall–Kier alpha value is -2.17. The molecule has 0 aromatic heterocycles. The minimum absolute atomic E-state index is 0.154. The molecule has 4 rings (SSSR count). The number of hydrogen-bond acceptors (Lipinski definition) is 3. The molecule has 3 aromatic carbocycles. The molecule has 7 heteroatoms. The molecule has 0 aliphatic carbocycles. The van der Waals surface area contributed by atoms with E-state index in [-0.39, 0.29) is 18.1 Å². The third-order valence-electron chi connectivity index (χ3n) is 4.71. The van der Waals surface area contributed by atoms with E-state index in [2.05, 4.69) is 0 Å². The van der Waals surface area contributed by atoms with Gasteiger partial charge in [-0.1, -0.05) is 58.5 Å². The molecule has 30 heavy (non-hydrogen) atoms. The summed E-state index contributed by atoms with van der Waals surface area (Å²) < 4.78 is 11.8. The van der Waals surface area contributed by atoms with Crippen LogP contribution in [0.25, 0.3) is 6.08 Å². The molecule has 0 bridgehead atoms. The van der Waals surface area contributed by atoms with Crippen molar-refractivity contribution in [2.75, 3.05) is 0 Å². The smallest absolute Gasteiger partial charge is 0.231 e. The molecular weight excluding hydrogens is 466 g/mol. The minimum Gasteiger partial charge on any atom is -0.488 e. The van der Waals surface area contributed by atoms with Crippen LogP contribution in [-0.4, -0.2) is 5.78 Å². The Kier molecular flexibility index (Phi) is 5.99.